The van der Waals surface area contributed by atoms with E-state index < -0.39 is 31.8 Å². The number of esters is 1. The second kappa shape index (κ2) is 7.22. The molecule has 0 aromatic heterocycles. The molecule has 15 heavy (non-hydrogen) atoms. The van der Waals surface area contributed by atoms with Crippen molar-refractivity contribution in [2.24, 2.45) is 0 Å². The van der Waals surface area contributed by atoms with Gasteiger partial charge in [0.15, 0.2) is 0 Å². The van der Waals surface area contributed by atoms with E-state index in [2.05, 4.69) is 9.47 Å². The Bertz CT molecular complexity index is 220. The molecule has 0 spiro atoms. The lowest BCUT2D eigenvalue weighted by atomic mass is 10.3. The first-order chi connectivity index (χ1) is 6.93. The van der Waals surface area contributed by atoms with Crippen molar-refractivity contribution in [3.8, 4) is 0 Å². The van der Waals surface area contributed by atoms with Crippen molar-refractivity contribution in [3.63, 3.8) is 0 Å². The SMILES string of the molecule is CC(=O)CC(=O)OCCOC(F)C(F)F. The predicted octanol–water partition coefficient (Wildman–Crippen LogP) is 1.09. The first-order valence-electron chi connectivity index (χ1n) is 4.12. The molecule has 0 heterocycles. The van der Waals surface area contributed by atoms with Crippen LogP contribution in [0.3, 0.4) is 0 Å². The number of rotatable bonds is 7. The van der Waals surface area contributed by atoms with E-state index in [0.717, 1.165) is 0 Å². The smallest absolute Gasteiger partial charge is 0.313 e. The molecule has 0 aliphatic rings. The Labute approximate surface area is 84.3 Å². The number of alkyl halides is 3. The molecule has 1 unspecified atom stereocenters. The van der Waals surface area contributed by atoms with Crippen molar-refractivity contribution >= 4 is 11.8 Å². The van der Waals surface area contributed by atoms with Crippen LogP contribution >= 0.6 is 0 Å². The van der Waals surface area contributed by atoms with Gasteiger partial charge in [-0.3, -0.25) is 9.59 Å². The second-order valence-corrected chi connectivity index (χ2v) is 2.66. The Kier molecular flexibility index (Phi) is 6.68. The molecule has 0 aromatic rings. The minimum atomic E-state index is -3.22. The van der Waals surface area contributed by atoms with E-state index in [0.29, 0.717) is 0 Å². The van der Waals surface area contributed by atoms with Crippen LogP contribution in [0.2, 0.25) is 0 Å². The van der Waals surface area contributed by atoms with E-state index in [9.17, 15) is 22.8 Å². The summed E-state index contributed by atoms with van der Waals surface area (Å²) in [5.41, 5.74) is 0. The van der Waals surface area contributed by atoms with Gasteiger partial charge in [-0.1, -0.05) is 0 Å². The Balaban J connectivity index is 3.46. The van der Waals surface area contributed by atoms with Crippen LogP contribution in [-0.4, -0.2) is 37.7 Å². The first-order valence-corrected chi connectivity index (χ1v) is 4.12. The summed E-state index contributed by atoms with van der Waals surface area (Å²) in [4.78, 5) is 21.1. The zero-order chi connectivity index (χ0) is 11.8. The molecule has 0 radical (unpaired) electrons. The Morgan fingerprint density at radius 3 is 2.27 bits per heavy atom. The summed E-state index contributed by atoms with van der Waals surface area (Å²) in [5.74, 6) is -1.17. The Morgan fingerprint density at radius 1 is 1.20 bits per heavy atom. The van der Waals surface area contributed by atoms with Crippen LogP contribution in [0.25, 0.3) is 0 Å². The van der Waals surface area contributed by atoms with Gasteiger partial charge in [-0.05, 0) is 6.92 Å². The first kappa shape index (κ1) is 13.9. The standard InChI is InChI=1S/C8H11F3O4/c1-5(12)4-6(13)14-2-3-15-8(11)7(9)10/h7-8H,2-4H2,1H3. The zero-order valence-corrected chi connectivity index (χ0v) is 8.04. The summed E-state index contributed by atoms with van der Waals surface area (Å²) in [6.45, 7) is 0.362. The van der Waals surface area contributed by atoms with Crippen molar-refractivity contribution in [1.29, 1.82) is 0 Å². The quantitative estimate of drug-likeness (QED) is 0.372. The summed E-state index contributed by atoms with van der Waals surface area (Å²) in [5, 5.41) is 0. The third kappa shape index (κ3) is 7.92. The minimum Gasteiger partial charge on any atom is -0.463 e. The molecule has 0 saturated heterocycles. The van der Waals surface area contributed by atoms with Crippen LogP contribution in [0.5, 0.6) is 0 Å². The normalized spacial score (nSPS) is 12.6. The molecule has 0 rings (SSSR count). The molecule has 0 saturated carbocycles. The summed E-state index contributed by atoms with van der Waals surface area (Å²) in [7, 11) is 0. The molecule has 0 fully saturated rings. The molecule has 0 aromatic carbocycles. The highest BCUT2D eigenvalue weighted by Gasteiger charge is 2.19. The number of halogens is 3. The third-order valence-corrected chi connectivity index (χ3v) is 1.21. The fourth-order valence-electron chi connectivity index (χ4n) is 0.643. The van der Waals surface area contributed by atoms with Crippen molar-refractivity contribution in [2.75, 3.05) is 13.2 Å². The maximum atomic E-state index is 12.1. The van der Waals surface area contributed by atoms with Gasteiger partial charge in [-0.2, -0.15) is 0 Å². The maximum Gasteiger partial charge on any atom is 0.313 e. The molecule has 7 heteroatoms. The molecule has 0 aliphatic heterocycles. The fraction of sp³-hybridized carbons (Fsp3) is 0.750. The van der Waals surface area contributed by atoms with Crippen molar-refractivity contribution in [2.45, 2.75) is 26.1 Å². The molecular weight excluding hydrogens is 217 g/mol. The van der Waals surface area contributed by atoms with E-state index in [1.165, 1.54) is 6.92 Å². The van der Waals surface area contributed by atoms with Gasteiger partial charge in [0.05, 0.1) is 6.61 Å². The van der Waals surface area contributed by atoms with E-state index >= 15 is 0 Å². The highest BCUT2D eigenvalue weighted by atomic mass is 19.3. The summed E-state index contributed by atoms with van der Waals surface area (Å²) < 4.78 is 43.5. The van der Waals surface area contributed by atoms with Crippen LogP contribution in [0.1, 0.15) is 13.3 Å². The number of Topliss-reactive ketones (excluding diaryl/α,β-unsaturated/α-hetero) is 1. The molecule has 4 nitrogen and oxygen atoms in total. The molecule has 0 N–H and O–H groups in total. The Hall–Kier alpha value is -1.11. The molecule has 1 atom stereocenters. The van der Waals surface area contributed by atoms with Crippen LogP contribution in [0.4, 0.5) is 13.2 Å². The number of carbonyl (C=O) groups is 2. The van der Waals surface area contributed by atoms with Gasteiger partial charge in [0.25, 0.3) is 12.8 Å². The van der Waals surface area contributed by atoms with Gasteiger partial charge in [0.1, 0.15) is 18.8 Å². The van der Waals surface area contributed by atoms with Crippen LogP contribution in [-0.2, 0) is 19.1 Å². The fourth-order valence-corrected chi connectivity index (χ4v) is 0.643. The lowest BCUT2D eigenvalue weighted by Crippen LogP contribution is -2.20. The lowest BCUT2D eigenvalue weighted by molar-refractivity contribution is -0.156. The number of ketones is 1. The molecule has 0 bridgehead atoms. The second-order valence-electron chi connectivity index (χ2n) is 2.66. The average Bonchev–Trinajstić information content (AvgIpc) is 2.10. The highest BCUT2D eigenvalue weighted by Crippen LogP contribution is 2.06. The molecule has 0 aliphatic carbocycles. The largest absolute Gasteiger partial charge is 0.463 e. The summed E-state index contributed by atoms with van der Waals surface area (Å²) in [6.07, 6.45) is -6.30. The Morgan fingerprint density at radius 2 is 1.80 bits per heavy atom. The van der Waals surface area contributed by atoms with Crippen molar-refractivity contribution in [1.82, 2.24) is 0 Å². The highest BCUT2D eigenvalue weighted by molar-refractivity contribution is 5.94. The number of hydrogen-bond acceptors (Lipinski definition) is 4. The zero-order valence-electron chi connectivity index (χ0n) is 8.04. The molecular formula is C8H11F3O4. The van der Waals surface area contributed by atoms with E-state index in [1.807, 2.05) is 0 Å². The van der Waals surface area contributed by atoms with Crippen LogP contribution in [0, 0.1) is 0 Å². The average molecular weight is 228 g/mol. The topological polar surface area (TPSA) is 52.6 Å². The van der Waals surface area contributed by atoms with E-state index in [1.54, 1.807) is 0 Å². The van der Waals surface area contributed by atoms with Gasteiger partial charge in [0, 0.05) is 0 Å². The van der Waals surface area contributed by atoms with Gasteiger partial charge in [-0.15, -0.1) is 0 Å². The van der Waals surface area contributed by atoms with E-state index in [-0.39, 0.29) is 12.4 Å². The number of carbonyl (C=O) groups excluding carboxylic acids is 2. The van der Waals surface area contributed by atoms with E-state index in [4.69, 9.17) is 0 Å². The summed E-state index contributed by atoms with van der Waals surface area (Å²) >= 11 is 0. The van der Waals surface area contributed by atoms with Gasteiger partial charge in [0.2, 0.25) is 0 Å². The predicted molar refractivity (Wildman–Crippen MR) is 43.1 cm³/mol. The number of hydrogen-bond donors (Lipinski definition) is 0. The van der Waals surface area contributed by atoms with Crippen molar-refractivity contribution in [3.05, 3.63) is 0 Å². The monoisotopic (exact) mass is 228 g/mol. The van der Waals surface area contributed by atoms with Crippen LogP contribution < -0.4 is 0 Å². The number of ether oxygens (including phenoxy) is 2. The maximum absolute atomic E-state index is 12.1. The third-order valence-electron chi connectivity index (χ3n) is 1.21. The summed E-state index contributed by atoms with van der Waals surface area (Å²) in [6, 6.07) is 0. The lowest BCUT2D eigenvalue weighted by Gasteiger charge is -2.08. The molecule has 88 valence electrons. The van der Waals surface area contributed by atoms with Crippen molar-refractivity contribution < 1.29 is 32.2 Å². The van der Waals surface area contributed by atoms with Gasteiger partial charge in [-0.25, -0.2) is 13.2 Å². The van der Waals surface area contributed by atoms with Gasteiger partial charge < -0.3 is 9.47 Å². The van der Waals surface area contributed by atoms with Gasteiger partial charge >= 0.3 is 5.97 Å². The molecule has 0 amide bonds. The minimum absolute atomic E-state index is 0.362. The van der Waals surface area contributed by atoms with Crippen LogP contribution in [0.15, 0.2) is 0 Å².